The largest absolute Gasteiger partial charge is 0.507 e. The Labute approximate surface area is 74.1 Å². The third kappa shape index (κ3) is 1.79. The second-order valence-electron chi connectivity index (χ2n) is 3.03. The van der Waals surface area contributed by atoms with E-state index in [0.717, 1.165) is 30.4 Å². The topological polar surface area (TPSA) is 20.2 Å². The van der Waals surface area contributed by atoms with E-state index in [1.165, 1.54) is 0 Å². The molecule has 1 nitrogen and oxygen atoms in total. The summed E-state index contributed by atoms with van der Waals surface area (Å²) in [7, 11) is 0. The number of phenolic OH excluding ortho intramolecular Hbond substituents is 1. The SMILES string of the molecule is CCCc1cccc(CC)c1O. The van der Waals surface area contributed by atoms with Crippen molar-refractivity contribution in [3.63, 3.8) is 0 Å². The van der Waals surface area contributed by atoms with E-state index in [-0.39, 0.29) is 0 Å². The Kier molecular flexibility index (Phi) is 3.15. The van der Waals surface area contributed by atoms with Gasteiger partial charge in [0.05, 0.1) is 0 Å². The Hall–Kier alpha value is -0.980. The third-order valence-electron chi connectivity index (χ3n) is 2.10. The van der Waals surface area contributed by atoms with Gasteiger partial charge in [-0.25, -0.2) is 0 Å². The van der Waals surface area contributed by atoms with Gasteiger partial charge in [0.25, 0.3) is 0 Å². The molecule has 0 bridgehead atoms. The van der Waals surface area contributed by atoms with Crippen molar-refractivity contribution in [1.29, 1.82) is 0 Å². The fourth-order valence-corrected chi connectivity index (χ4v) is 1.40. The van der Waals surface area contributed by atoms with Crippen molar-refractivity contribution in [3.8, 4) is 5.75 Å². The van der Waals surface area contributed by atoms with Crippen LogP contribution in [0.4, 0.5) is 0 Å². The second kappa shape index (κ2) is 4.15. The van der Waals surface area contributed by atoms with Crippen molar-refractivity contribution in [2.75, 3.05) is 0 Å². The minimum atomic E-state index is 0.502. The summed E-state index contributed by atoms with van der Waals surface area (Å²) in [5.74, 6) is 0.502. The first-order valence-electron chi connectivity index (χ1n) is 4.59. The van der Waals surface area contributed by atoms with Gasteiger partial charge in [0.2, 0.25) is 0 Å². The highest BCUT2D eigenvalue weighted by Crippen LogP contribution is 2.23. The van der Waals surface area contributed by atoms with E-state index in [2.05, 4.69) is 13.8 Å². The molecular weight excluding hydrogens is 148 g/mol. The van der Waals surface area contributed by atoms with E-state index in [4.69, 9.17) is 0 Å². The van der Waals surface area contributed by atoms with Crippen molar-refractivity contribution >= 4 is 0 Å². The molecule has 0 aromatic heterocycles. The summed E-state index contributed by atoms with van der Waals surface area (Å²) in [4.78, 5) is 0. The van der Waals surface area contributed by atoms with Crippen LogP contribution < -0.4 is 0 Å². The Morgan fingerprint density at radius 2 is 1.83 bits per heavy atom. The zero-order chi connectivity index (χ0) is 8.97. The molecule has 0 unspecified atom stereocenters. The molecule has 0 saturated carbocycles. The van der Waals surface area contributed by atoms with Crippen LogP contribution in [0.25, 0.3) is 0 Å². The number of para-hydroxylation sites is 1. The molecule has 1 heteroatoms. The van der Waals surface area contributed by atoms with Crippen molar-refractivity contribution in [3.05, 3.63) is 29.3 Å². The van der Waals surface area contributed by atoms with Crippen molar-refractivity contribution in [2.24, 2.45) is 0 Å². The molecule has 0 radical (unpaired) electrons. The van der Waals surface area contributed by atoms with E-state index in [9.17, 15) is 5.11 Å². The lowest BCUT2D eigenvalue weighted by atomic mass is 10.0. The smallest absolute Gasteiger partial charge is 0.121 e. The molecule has 1 N–H and O–H groups in total. The maximum atomic E-state index is 9.72. The molecule has 66 valence electrons. The zero-order valence-corrected chi connectivity index (χ0v) is 7.80. The zero-order valence-electron chi connectivity index (χ0n) is 7.80. The van der Waals surface area contributed by atoms with Gasteiger partial charge in [0.1, 0.15) is 5.75 Å². The quantitative estimate of drug-likeness (QED) is 0.728. The van der Waals surface area contributed by atoms with Crippen LogP contribution in [-0.4, -0.2) is 5.11 Å². The Balaban J connectivity index is 2.97. The Bertz CT molecular complexity index is 253. The summed E-state index contributed by atoms with van der Waals surface area (Å²) < 4.78 is 0. The fraction of sp³-hybridized carbons (Fsp3) is 0.455. The first-order chi connectivity index (χ1) is 5.79. The molecule has 0 aliphatic rings. The molecule has 0 spiro atoms. The van der Waals surface area contributed by atoms with Gasteiger partial charge >= 0.3 is 0 Å². The van der Waals surface area contributed by atoms with Gasteiger partial charge in [0.15, 0.2) is 0 Å². The van der Waals surface area contributed by atoms with Gasteiger partial charge in [-0.15, -0.1) is 0 Å². The van der Waals surface area contributed by atoms with Gasteiger partial charge in [-0.05, 0) is 24.0 Å². The molecule has 1 rings (SSSR count). The predicted octanol–water partition coefficient (Wildman–Crippen LogP) is 2.91. The lowest BCUT2D eigenvalue weighted by molar-refractivity contribution is 0.461. The molecule has 0 aliphatic carbocycles. The van der Waals surface area contributed by atoms with Crippen LogP contribution in [0.1, 0.15) is 31.4 Å². The maximum absolute atomic E-state index is 9.72. The summed E-state index contributed by atoms with van der Waals surface area (Å²) >= 11 is 0. The molecular formula is C11H16O. The monoisotopic (exact) mass is 164 g/mol. The maximum Gasteiger partial charge on any atom is 0.121 e. The minimum Gasteiger partial charge on any atom is -0.507 e. The number of hydrogen-bond donors (Lipinski definition) is 1. The first kappa shape index (κ1) is 9.11. The summed E-state index contributed by atoms with van der Waals surface area (Å²) in [6.45, 7) is 4.18. The first-order valence-corrected chi connectivity index (χ1v) is 4.59. The highest BCUT2D eigenvalue weighted by molar-refractivity contribution is 5.40. The van der Waals surface area contributed by atoms with Crippen LogP contribution in [0.5, 0.6) is 5.75 Å². The molecule has 0 amide bonds. The van der Waals surface area contributed by atoms with Gasteiger partial charge in [-0.3, -0.25) is 0 Å². The van der Waals surface area contributed by atoms with E-state index in [1.54, 1.807) is 0 Å². The number of rotatable bonds is 3. The fourth-order valence-electron chi connectivity index (χ4n) is 1.40. The molecule has 0 aliphatic heterocycles. The Morgan fingerprint density at radius 3 is 2.42 bits per heavy atom. The average molecular weight is 164 g/mol. The van der Waals surface area contributed by atoms with Gasteiger partial charge < -0.3 is 5.11 Å². The van der Waals surface area contributed by atoms with Crippen molar-refractivity contribution < 1.29 is 5.11 Å². The van der Waals surface area contributed by atoms with Gasteiger partial charge in [0, 0.05) is 0 Å². The predicted molar refractivity (Wildman–Crippen MR) is 51.5 cm³/mol. The summed E-state index contributed by atoms with van der Waals surface area (Å²) in [5, 5.41) is 9.72. The standard InChI is InChI=1S/C11H16O/c1-3-6-10-8-5-7-9(4-2)11(10)12/h5,7-8,12H,3-4,6H2,1-2H3. The summed E-state index contributed by atoms with van der Waals surface area (Å²) in [5.41, 5.74) is 2.14. The van der Waals surface area contributed by atoms with E-state index < -0.39 is 0 Å². The highest BCUT2D eigenvalue weighted by atomic mass is 16.3. The van der Waals surface area contributed by atoms with Crippen LogP contribution in [-0.2, 0) is 12.8 Å². The molecule has 0 heterocycles. The van der Waals surface area contributed by atoms with Crippen LogP contribution in [0.2, 0.25) is 0 Å². The van der Waals surface area contributed by atoms with E-state index >= 15 is 0 Å². The number of aryl methyl sites for hydroxylation is 2. The lowest BCUT2D eigenvalue weighted by Gasteiger charge is -2.06. The average Bonchev–Trinajstić information content (AvgIpc) is 2.09. The van der Waals surface area contributed by atoms with Crippen LogP contribution >= 0.6 is 0 Å². The normalized spacial score (nSPS) is 10.2. The highest BCUT2D eigenvalue weighted by Gasteiger charge is 2.03. The van der Waals surface area contributed by atoms with E-state index in [0.29, 0.717) is 5.75 Å². The van der Waals surface area contributed by atoms with Crippen LogP contribution in [0.15, 0.2) is 18.2 Å². The van der Waals surface area contributed by atoms with Gasteiger partial charge in [-0.2, -0.15) is 0 Å². The Morgan fingerprint density at radius 1 is 1.17 bits per heavy atom. The molecule has 12 heavy (non-hydrogen) atoms. The number of benzene rings is 1. The van der Waals surface area contributed by atoms with Crippen LogP contribution in [0.3, 0.4) is 0 Å². The lowest BCUT2D eigenvalue weighted by Crippen LogP contribution is -1.88. The molecule has 1 aromatic carbocycles. The molecule has 1 aromatic rings. The number of phenols is 1. The van der Waals surface area contributed by atoms with Gasteiger partial charge in [-0.1, -0.05) is 38.5 Å². The minimum absolute atomic E-state index is 0.502. The van der Waals surface area contributed by atoms with Crippen molar-refractivity contribution in [2.45, 2.75) is 33.1 Å². The second-order valence-corrected chi connectivity index (χ2v) is 3.03. The summed E-state index contributed by atoms with van der Waals surface area (Å²) in [6.07, 6.45) is 2.96. The van der Waals surface area contributed by atoms with E-state index in [1.807, 2.05) is 18.2 Å². The van der Waals surface area contributed by atoms with Crippen LogP contribution in [0, 0.1) is 0 Å². The molecule has 0 atom stereocenters. The summed E-state index contributed by atoms with van der Waals surface area (Å²) in [6, 6.07) is 6.00. The molecule has 0 fully saturated rings. The van der Waals surface area contributed by atoms with Crippen molar-refractivity contribution in [1.82, 2.24) is 0 Å². The molecule has 0 saturated heterocycles. The number of aromatic hydroxyl groups is 1. The third-order valence-corrected chi connectivity index (χ3v) is 2.10. The number of hydrogen-bond acceptors (Lipinski definition) is 1.